The average Bonchev–Trinajstić information content (AvgIpc) is 2.71. The summed E-state index contributed by atoms with van der Waals surface area (Å²) in [4.78, 5) is 9.50. The summed E-state index contributed by atoms with van der Waals surface area (Å²) in [7, 11) is 1.91. The number of rotatable bonds is 3. The lowest BCUT2D eigenvalue weighted by Crippen LogP contribution is -2.51. The van der Waals surface area contributed by atoms with E-state index in [2.05, 4.69) is 45.7 Å². The molecule has 1 N–H and O–H groups in total. The van der Waals surface area contributed by atoms with Gasteiger partial charge in [0.15, 0.2) is 5.96 Å². The molecule has 0 aromatic heterocycles. The molecular weight excluding hydrogens is 280 g/mol. The quantitative estimate of drug-likeness (QED) is 0.640. The van der Waals surface area contributed by atoms with E-state index >= 15 is 0 Å². The van der Waals surface area contributed by atoms with Crippen LogP contribution in [0.15, 0.2) is 4.99 Å². The SMILES string of the molecule is CN=C(NCCN1CCCCCC1)N1CCSC(C)(C)C1. The maximum atomic E-state index is 4.48. The van der Waals surface area contributed by atoms with Crippen LogP contribution in [0.4, 0.5) is 0 Å². The van der Waals surface area contributed by atoms with E-state index < -0.39 is 0 Å². The highest BCUT2D eigenvalue weighted by Gasteiger charge is 2.28. The first-order chi connectivity index (χ1) is 10.1. The maximum absolute atomic E-state index is 4.48. The van der Waals surface area contributed by atoms with Crippen molar-refractivity contribution in [3.63, 3.8) is 0 Å². The van der Waals surface area contributed by atoms with Gasteiger partial charge in [0.2, 0.25) is 0 Å². The molecular formula is C16H32N4S. The second-order valence-electron chi connectivity index (χ2n) is 6.76. The number of guanidine groups is 1. The van der Waals surface area contributed by atoms with E-state index in [9.17, 15) is 0 Å². The molecule has 21 heavy (non-hydrogen) atoms. The van der Waals surface area contributed by atoms with E-state index in [1.807, 2.05) is 7.05 Å². The fourth-order valence-electron chi connectivity index (χ4n) is 3.22. The van der Waals surface area contributed by atoms with Gasteiger partial charge in [0.25, 0.3) is 0 Å². The molecule has 0 radical (unpaired) electrons. The average molecular weight is 313 g/mol. The van der Waals surface area contributed by atoms with Crippen molar-refractivity contribution < 1.29 is 0 Å². The Kier molecular flexibility index (Phi) is 6.68. The smallest absolute Gasteiger partial charge is 0.193 e. The van der Waals surface area contributed by atoms with Crippen molar-refractivity contribution in [2.75, 3.05) is 52.1 Å². The summed E-state index contributed by atoms with van der Waals surface area (Å²) in [6.07, 6.45) is 5.55. The van der Waals surface area contributed by atoms with E-state index in [4.69, 9.17) is 0 Å². The largest absolute Gasteiger partial charge is 0.355 e. The van der Waals surface area contributed by atoms with Crippen molar-refractivity contribution in [3.05, 3.63) is 0 Å². The van der Waals surface area contributed by atoms with Crippen molar-refractivity contribution >= 4 is 17.7 Å². The molecule has 0 aromatic carbocycles. The van der Waals surface area contributed by atoms with Crippen LogP contribution < -0.4 is 5.32 Å². The molecule has 2 aliphatic rings. The first-order valence-corrected chi connectivity index (χ1v) is 9.41. The lowest BCUT2D eigenvalue weighted by atomic mass is 10.2. The third-order valence-electron chi connectivity index (χ3n) is 4.35. The minimum absolute atomic E-state index is 0.334. The number of thioether (sulfide) groups is 1. The second-order valence-corrected chi connectivity index (χ2v) is 8.56. The number of nitrogens with one attached hydrogen (secondary N) is 1. The van der Waals surface area contributed by atoms with Gasteiger partial charge in [0.05, 0.1) is 0 Å². The minimum atomic E-state index is 0.334. The minimum Gasteiger partial charge on any atom is -0.355 e. The van der Waals surface area contributed by atoms with E-state index in [0.29, 0.717) is 4.75 Å². The first-order valence-electron chi connectivity index (χ1n) is 8.43. The number of hydrogen-bond acceptors (Lipinski definition) is 3. The van der Waals surface area contributed by atoms with Gasteiger partial charge in [-0.2, -0.15) is 11.8 Å². The first kappa shape index (κ1) is 16.9. The van der Waals surface area contributed by atoms with Crippen molar-refractivity contribution in [1.82, 2.24) is 15.1 Å². The third-order valence-corrected chi connectivity index (χ3v) is 5.64. The van der Waals surface area contributed by atoms with Crippen molar-refractivity contribution in [2.45, 2.75) is 44.3 Å². The zero-order valence-electron chi connectivity index (χ0n) is 14.0. The monoisotopic (exact) mass is 312 g/mol. The second kappa shape index (κ2) is 8.28. The standard InChI is InChI=1S/C16H32N4S/c1-16(2)14-20(12-13-21-16)15(17-3)18-8-11-19-9-6-4-5-7-10-19/h4-14H2,1-3H3,(H,17,18). The summed E-state index contributed by atoms with van der Waals surface area (Å²) in [5, 5.41) is 3.57. The van der Waals surface area contributed by atoms with Crippen LogP contribution in [0.3, 0.4) is 0 Å². The Morgan fingerprint density at radius 3 is 2.48 bits per heavy atom. The zero-order valence-corrected chi connectivity index (χ0v) is 14.8. The molecule has 5 heteroatoms. The Hall–Kier alpha value is -0.420. The van der Waals surface area contributed by atoms with Crippen LogP contribution in [0, 0.1) is 0 Å². The van der Waals surface area contributed by atoms with Crippen LogP contribution in [-0.4, -0.2) is 72.6 Å². The van der Waals surface area contributed by atoms with Crippen molar-refractivity contribution in [1.29, 1.82) is 0 Å². The molecule has 2 saturated heterocycles. The topological polar surface area (TPSA) is 30.9 Å². The molecule has 2 fully saturated rings. The summed E-state index contributed by atoms with van der Waals surface area (Å²) < 4.78 is 0.334. The molecule has 4 nitrogen and oxygen atoms in total. The van der Waals surface area contributed by atoms with Gasteiger partial charge in [0, 0.05) is 43.7 Å². The van der Waals surface area contributed by atoms with Crippen LogP contribution in [0.25, 0.3) is 0 Å². The van der Waals surface area contributed by atoms with Gasteiger partial charge in [-0.15, -0.1) is 0 Å². The summed E-state index contributed by atoms with van der Waals surface area (Å²) >= 11 is 2.07. The lowest BCUT2D eigenvalue weighted by Gasteiger charge is -2.39. The highest BCUT2D eigenvalue weighted by Crippen LogP contribution is 2.29. The Bertz CT molecular complexity index is 335. The highest BCUT2D eigenvalue weighted by molar-refractivity contribution is 8.00. The van der Waals surface area contributed by atoms with Gasteiger partial charge in [0.1, 0.15) is 0 Å². The third kappa shape index (κ3) is 5.70. The molecule has 0 amide bonds. The summed E-state index contributed by atoms with van der Waals surface area (Å²) in [6, 6.07) is 0. The molecule has 2 aliphatic heterocycles. The molecule has 0 aromatic rings. The van der Waals surface area contributed by atoms with Gasteiger partial charge in [-0.1, -0.05) is 12.8 Å². The number of likely N-dealkylation sites (tertiary alicyclic amines) is 1. The Morgan fingerprint density at radius 2 is 1.86 bits per heavy atom. The predicted molar refractivity (Wildman–Crippen MR) is 94.4 cm³/mol. The fourth-order valence-corrected chi connectivity index (χ4v) is 4.33. The van der Waals surface area contributed by atoms with E-state index in [0.717, 1.165) is 32.1 Å². The van der Waals surface area contributed by atoms with Crippen LogP contribution in [0.5, 0.6) is 0 Å². The molecule has 0 bridgehead atoms. The number of hydrogen-bond donors (Lipinski definition) is 1. The summed E-state index contributed by atoms with van der Waals surface area (Å²) in [5.74, 6) is 2.28. The Labute approximate surface area is 134 Å². The van der Waals surface area contributed by atoms with Crippen molar-refractivity contribution in [3.8, 4) is 0 Å². The molecule has 0 saturated carbocycles. The van der Waals surface area contributed by atoms with Gasteiger partial charge in [-0.3, -0.25) is 4.99 Å². The number of nitrogens with zero attached hydrogens (tertiary/aromatic N) is 3. The molecule has 122 valence electrons. The van der Waals surface area contributed by atoms with Crippen LogP contribution >= 0.6 is 11.8 Å². The molecule has 0 atom stereocenters. The highest BCUT2D eigenvalue weighted by atomic mass is 32.2. The molecule has 0 spiro atoms. The Morgan fingerprint density at radius 1 is 1.14 bits per heavy atom. The summed E-state index contributed by atoms with van der Waals surface area (Å²) in [5.41, 5.74) is 0. The fraction of sp³-hybridized carbons (Fsp3) is 0.938. The van der Waals surface area contributed by atoms with Crippen LogP contribution in [0.1, 0.15) is 39.5 Å². The van der Waals surface area contributed by atoms with E-state index in [1.54, 1.807) is 0 Å². The normalized spacial score (nSPS) is 24.7. The van der Waals surface area contributed by atoms with Crippen molar-refractivity contribution in [2.24, 2.45) is 4.99 Å². The molecule has 2 heterocycles. The van der Waals surface area contributed by atoms with Gasteiger partial charge in [-0.05, 0) is 39.8 Å². The van der Waals surface area contributed by atoms with Crippen LogP contribution in [0.2, 0.25) is 0 Å². The van der Waals surface area contributed by atoms with Gasteiger partial charge < -0.3 is 15.1 Å². The van der Waals surface area contributed by atoms with Gasteiger partial charge >= 0.3 is 0 Å². The molecule has 2 rings (SSSR count). The predicted octanol–water partition coefficient (Wildman–Crippen LogP) is 2.27. The molecule has 0 aliphatic carbocycles. The summed E-state index contributed by atoms with van der Waals surface area (Å²) in [6.45, 7) is 11.5. The van der Waals surface area contributed by atoms with E-state index in [-0.39, 0.29) is 0 Å². The molecule has 0 unspecified atom stereocenters. The van der Waals surface area contributed by atoms with E-state index in [1.165, 1.54) is 44.5 Å². The zero-order chi connectivity index (χ0) is 15.1. The Balaban J connectivity index is 1.74. The van der Waals surface area contributed by atoms with Gasteiger partial charge in [-0.25, -0.2) is 0 Å². The van der Waals surface area contributed by atoms with Crippen LogP contribution in [-0.2, 0) is 0 Å². The lowest BCUT2D eigenvalue weighted by molar-refractivity contribution is 0.286. The maximum Gasteiger partial charge on any atom is 0.193 e. The number of aliphatic imine (C=N–C) groups is 1.